The zero-order valence-corrected chi connectivity index (χ0v) is 13.0. The highest BCUT2D eigenvalue weighted by atomic mass is 19.2. The number of rotatable bonds is 4. The maximum absolute atomic E-state index is 13.2. The molecule has 6 heteroatoms. The van der Waals surface area contributed by atoms with Gasteiger partial charge in [0.15, 0.2) is 17.7 Å². The lowest BCUT2D eigenvalue weighted by molar-refractivity contribution is -0.143. The maximum atomic E-state index is 13.2. The van der Waals surface area contributed by atoms with E-state index in [2.05, 4.69) is 0 Å². The monoisotopic (exact) mass is 313 g/mol. The first-order valence-corrected chi connectivity index (χ1v) is 7.34. The highest BCUT2D eigenvalue weighted by molar-refractivity contribution is 5.81. The van der Waals surface area contributed by atoms with E-state index in [1.54, 1.807) is 25.7 Å². The van der Waals surface area contributed by atoms with E-state index in [1.807, 2.05) is 0 Å². The summed E-state index contributed by atoms with van der Waals surface area (Å²) in [7, 11) is 0. The van der Waals surface area contributed by atoms with Gasteiger partial charge in [-0.2, -0.15) is 0 Å². The summed E-state index contributed by atoms with van der Waals surface area (Å²) < 4.78 is 31.5. The Kier molecular flexibility index (Phi) is 4.70. The van der Waals surface area contributed by atoms with Gasteiger partial charge in [0.25, 0.3) is 5.91 Å². The van der Waals surface area contributed by atoms with Crippen LogP contribution in [0.3, 0.4) is 0 Å². The van der Waals surface area contributed by atoms with E-state index in [9.17, 15) is 18.7 Å². The predicted molar refractivity (Wildman–Crippen MR) is 77.5 cm³/mol. The first kappa shape index (κ1) is 16.7. The molecule has 1 aromatic rings. The lowest BCUT2D eigenvalue weighted by atomic mass is 9.96. The van der Waals surface area contributed by atoms with Crippen molar-refractivity contribution >= 4 is 5.91 Å². The number of carbonyl (C=O) groups excluding carboxylic acids is 1. The van der Waals surface area contributed by atoms with Crippen molar-refractivity contribution < 1.29 is 23.4 Å². The average Bonchev–Trinajstić information content (AvgIpc) is 2.91. The van der Waals surface area contributed by atoms with Crippen LogP contribution in [-0.4, -0.2) is 40.2 Å². The van der Waals surface area contributed by atoms with Gasteiger partial charge < -0.3 is 14.7 Å². The normalized spacial score (nSPS) is 20.1. The van der Waals surface area contributed by atoms with Gasteiger partial charge in [-0.3, -0.25) is 4.79 Å². The molecule has 2 unspecified atom stereocenters. The summed E-state index contributed by atoms with van der Waals surface area (Å²) in [6.07, 6.45) is 0.707. The maximum Gasteiger partial charge on any atom is 0.263 e. The van der Waals surface area contributed by atoms with E-state index < -0.39 is 23.3 Å². The van der Waals surface area contributed by atoms with Gasteiger partial charge >= 0.3 is 0 Å². The molecular formula is C16H21F2NO3. The van der Waals surface area contributed by atoms with Crippen molar-refractivity contribution in [3.8, 4) is 5.75 Å². The van der Waals surface area contributed by atoms with Crippen molar-refractivity contribution in [1.82, 2.24) is 4.90 Å². The van der Waals surface area contributed by atoms with E-state index in [-0.39, 0.29) is 17.7 Å². The van der Waals surface area contributed by atoms with E-state index in [0.29, 0.717) is 6.54 Å². The third-order valence-corrected chi connectivity index (χ3v) is 3.90. The van der Waals surface area contributed by atoms with Gasteiger partial charge in [0.2, 0.25) is 0 Å². The minimum absolute atomic E-state index is 0.0961. The Morgan fingerprint density at radius 3 is 2.68 bits per heavy atom. The van der Waals surface area contributed by atoms with Crippen LogP contribution in [-0.2, 0) is 4.79 Å². The molecule has 0 aromatic heterocycles. The lowest BCUT2D eigenvalue weighted by Gasteiger charge is -2.35. The predicted octanol–water partition coefficient (Wildman–Crippen LogP) is 2.49. The summed E-state index contributed by atoms with van der Waals surface area (Å²) in [5.74, 6) is -2.16. The minimum Gasteiger partial charge on any atom is -0.481 e. The third-order valence-electron chi connectivity index (χ3n) is 3.90. The van der Waals surface area contributed by atoms with Crippen LogP contribution in [0.15, 0.2) is 18.2 Å². The molecule has 122 valence electrons. The third kappa shape index (κ3) is 3.55. The number of aliphatic hydroxyl groups is 1. The van der Waals surface area contributed by atoms with E-state index in [4.69, 9.17) is 4.74 Å². The van der Waals surface area contributed by atoms with Crippen molar-refractivity contribution in [2.75, 3.05) is 6.54 Å². The second kappa shape index (κ2) is 6.20. The zero-order chi connectivity index (χ0) is 16.5. The lowest BCUT2D eigenvalue weighted by Crippen LogP contribution is -2.51. The van der Waals surface area contributed by atoms with Crippen LogP contribution in [0, 0.1) is 11.6 Å². The van der Waals surface area contributed by atoms with Crippen LogP contribution in [0.2, 0.25) is 0 Å². The van der Waals surface area contributed by atoms with Gasteiger partial charge in [-0.1, -0.05) is 0 Å². The number of ether oxygens (including phenoxy) is 1. The second-order valence-electron chi connectivity index (χ2n) is 6.18. The van der Waals surface area contributed by atoms with Gasteiger partial charge in [-0.15, -0.1) is 0 Å². The highest BCUT2D eigenvalue weighted by Gasteiger charge is 2.40. The number of likely N-dealkylation sites (tertiary alicyclic amines) is 1. The number of carbonyl (C=O) groups is 1. The quantitative estimate of drug-likeness (QED) is 0.929. The van der Waals surface area contributed by atoms with Gasteiger partial charge in [0, 0.05) is 12.6 Å². The Morgan fingerprint density at radius 1 is 1.41 bits per heavy atom. The molecule has 0 radical (unpaired) electrons. The summed E-state index contributed by atoms with van der Waals surface area (Å²) >= 11 is 0. The SMILES string of the molecule is CC(Oc1ccc(F)c(F)c1)C(=O)N1CCCC1C(C)(C)O. The summed E-state index contributed by atoms with van der Waals surface area (Å²) in [5, 5.41) is 10.1. The number of benzene rings is 1. The molecular weight excluding hydrogens is 292 g/mol. The molecule has 1 saturated heterocycles. The van der Waals surface area contributed by atoms with Crippen molar-refractivity contribution in [3.05, 3.63) is 29.8 Å². The Balaban J connectivity index is 2.07. The molecule has 2 rings (SSSR count). The average molecular weight is 313 g/mol. The summed E-state index contributed by atoms with van der Waals surface area (Å²) in [4.78, 5) is 14.1. The van der Waals surface area contributed by atoms with E-state index >= 15 is 0 Å². The number of halogens is 2. The smallest absolute Gasteiger partial charge is 0.263 e. The summed E-state index contributed by atoms with van der Waals surface area (Å²) in [6, 6.07) is 2.88. The largest absolute Gasteiger partial charge is 0.481 e. The van der Waals surface area contributed by atoms with Crippen molar-refractivity contribution in [1.29, 1.82) is 0 Å². The van der Waals surface area contributed by atoms with Crippen LogP contribution >= 0.6 is 0 Å². The first-order chi connectivity index (χ1) is 10.2. The molecule has 1 aliphatic heterocycles. The standard InChI is InChI=1S/C16H21F2NO3/c1-10(22-11-6-7-12(17)13(18)9-11)15(20)19-8-4-5-14(19)16(2,3)21/h6-7,9-10,14,21H,4-5,8H2,1-3H3. The Morgan fingerprint density at radius 2 is 2.09 bits per heavy atom. The number of nitrogens with zero attached hydrogens (tertiary/aromatic N) is 1. The van der Waals surface area contributed by atoms with Crippen molar-refractivity contribution in [2.24, 2.45) is 0 Å². The van der Waals surface area contributed by atoms with Gasteiger partial charge in [-0.05, 0) is 45.7 Å². The number of hydrogen-bond donors (Lipinski definition) is 1. The van der Waals surface area contributed by atoms with Crippen LogP contribution < -0.4 is 4.74 Å². The van der Waals surface area contributed by atoms with Crippen LogP contribution in [0.1, 0.15) is 33.6 Å². The van der Waals surface area contributed by atoms with E-state index in [1.165, 1.54) is 6.07 Å². The first-order valence-electron chi connectivity index (χ1n) is 7.34. The highest BCUT2D eigenvalue weighted by Crippen LogP contribution is 2.28. The Hall–Kier alpha value is -1.69. The van der Waals surface area contributed by atoms with Crippen molar-refractivity contribution in [2.45, 2.75) is 51.4 Å². The molecule has 1 aliphatic rings. The molecule has 0 aliphatic carbocycles. The second-order valence-corrected chi connectivity index (χ2v) is 6.18. The Labute approximate surface area is 128 Å². The van der Waals surface area contributed by atoms with Crippen LogP contribution in [0.25, 0.3) is 0 Å². The molecule has 0 spiro atoms. The van der Waals surface area contributed by atoms with E-state index in [0.717, 1.165) is 25.0 Å². The zero-order valence-electron chi connectivity index (χ0n) is 13.0. The minimum atomic E-state index is -1.02. The molecule has 1 fully saturated rings. The van der Waals surface area contributed by atoms with Crippen LogP contribution in [0.4, 0.5) is 8.78 Å². The molecule has 1 aromatic carbocycles. The Bertz CT molecular complexity index is 557. The summed E-state index contributed by atoms with van der Waals surface area (Å²) in [6.45, 7) is 5.45. The molecule has 1 amide bonds. The van der Waals surface area contributed by atoms with Gasteiger partial charge in [0.05, 0.1) is 11.6 Å². The van der Waals surface area contributed by atoms with Gasteiger partial charge in [0.1, 0.15) is 5.75 Å². The molecule has 22 heavy (non-hydrogen) atoms. The van der Waals surface area contributed by atoms with Crippen molar-refractivity contribution in [3.63, 3.8) is 0 Å². The molecule has 1 N–H and O–H groups in total. The fourth-order valence-electron chi connectivity index (χ4n) is 2.80. The fourth-order valence-corrected chi connectivity index (χ4v) is 2.80. The summed E-state index contributed by atoms with van der Waals surface area (Å²) in [5.41, 5.74) is -0.992. The number of hydrogen-bond acceptors (Lipinski definition) is 3. The van der Waals surface area contributed by atoms with Crippen LogP contribution in [0.5, 0.6) is 5.75 Å². The molecule has 2 atom stereocenters. The fraction of sp³-hybridized carbons (Fsp3) is 0.562. The number of amides is 1. The molecule has 4 nitrogen and oxygen atoms in total. The topological polar surface area (TPSA) is 49.8 Å². The molecule has 0 bridgehead atoms. The van der Waals surface area contributed by atoms with Gasteiger partial charge in [-0.25, -0.2) is 8.78 Å². The molecule has 0 saturated carbocycles. The molecule has 1 heterocycles.